The molecule has 5 nitrogen and oxygen atoms in total. The quantitative estimate of drug-likeness (QED) is 0.682. The molecule has 1 N–H and O–H groups in total. The number of fused-ring (bicyclic) bond motifs is 2. The van der Waals surface area contributed by atoms with E-state index in [1.165, 1.54) is 4.90 Å². The van der Waals surface area contributed by atoms with E-state index in [0.29, 0.717) is 13.1 Å². The van der Waals surface area contributed by atoms with E-state index in [9.17, 15) is 13.2 Å². The number of likely N-dealkylation sites (N-methyl/N-ethyl adjacent to an activating group) is 1. The first-order chi connectivity index (χ1) is 10.7. The highest BCUT2D eigenvalue weighted by molar-refractivity contribution is 9.10. The van der Waals surface area contributed by atoms with Gasteiger partial charge in [0.25, 0.3) is 0 Å². The molecule has 1 aliphatic heterocycles. The Morgan fingerprint density at radius 3 is 2.39 bits per heavy atom. The molecule has 2 bridgehead atoms. The first-order valence-electron chi connectivity index (χ1n) is 8.65. The normalized spacial score (nSPS) is 42.5. The smallest absolute Gasteiger partial charge is 0.215 e. The van der Waals surface area contributed by atoms with Gasteiger partial charge in [-0.15, -0.1) is 0 Å². The topological polar surface area (TPSA) is 58.9 Å². The van der Waals surface area contributed by atoms with Crippen LogP contribution in [-0.4, -0.2) is 61.8 Å². The summed E-state index contributed by atoms with van der Waals surface area (Å²) < 4.78 is 27.7. The van der Waals surface area contributed by atoms with E-state index in [1.807, 2.05) is 13.8 Å². The number of sulfonamides is 1. The molecule has 0 aromatic carbocycles. The Hall–Kier alpha value is 0.0200. The molecular weight excluding hydrogens is 380 g/mol. The van der Waals surface area contributed by atoms with Crippen LogP contribution in [0.2, 0.25) is 0 Å². The number of carbonyl (C=O) groups excluding carboxylic acids is 1. The highest BCUT2D eigenvalue weighted by Crippen LogP contribution is 2.65. The van der Waals surface area contributed by atoms with Crippen molar-refractivity contribution in [1.82, 2.24) is 4.31 Å². The molecule has 4 atom stereocenters. The highest BCUT2D eigenvalue weighted by Gasteiger charge is 2.68. The lowest BCUT2D eigenvalue weighted by Crippen LogP contribution is -3.14. The fraction of sp³-hybridized carbons (Fsp3) is 0.938. The summed E-state index contributed by atoms with van der Waals surface area (Å²) >= 11 is 3.53. The van der Waals surface area contributed by atoms with Crippen LogP contribution < -0.4 is 4.90 Å². The number of hydrogen-bond acceptors (Lipinski definition) is 3. The number of hydrogen-bond donors (Lipinski definition) is 1. The molecule has 0 unspecified atom stereocenters. The second kappa shape index (κ2) is 5.78. The lowest BCUT2D eigenvalue weighted by atomic mass is 9.70. The molecule has 0 aromatic heterocycles. The Morgan fingerprint density at radius 1 is 1.30 bits per heavy atom. The third-order valence-corrected chi connectivity index (χ3v) is 10.2. The number of piperazine rings is 1. The molecule has 3 aliphatic rings. The predicted octanol–water partition coefficient (Wildman–Crippen LogP) is 0.305. The first-order valence-corrected chi connectivity index (χ1v) is 11.2. The van der Waals surface area contributed by atoms with Gasteiger partial charge in [0.15, 0.2) is 5.78 Å². The number of Topliss-reactive ketones (excluding diaryl/α,β-unsaturated/α-hetero) is 1. The van der Waals surface area contributed by atoms with E-state index in [-0.39, 0.29) is 22.3 Å². The molecule has 23 heavy (non-hydrogen) atoms. The van der Waals surface area contributed by atoms with E-state index in [2.05, 4.69) is 22.9 Å². The van der Waals surface area contributed by atoms with Gasteiger partial charge in [-0.05, 0) is 31.1 Å². The van der Waals surface area contributed by atoms with E-state index < -0.39 is 20.9 Å². The summed E-state index contributed by atoms with van der Waals surface area (Å²) in [6, 6.07) is 0. The number of nitrogens with zero attached hydrogens (tertiary/aromatic N) is 1. The zero-order chi connectivity index (χ0) is 17.0. The molecule has 1 heterocycles. The van der Waals surface area contributed by atoms with Gasteiger partial charge < -0.3 is 4.90 Å². The minimum absolute atomic E-state index is 0.108. The molecule has 132 valence electrons. The number of rotatable bonds is 4. The van der Waals surface area contributed by atoms with E-state index >= 15 is 0 Å². The average molecular weight is 408 g/mol. The van der Waals surface area contributed by atoms with Crippen molar-refractivity contribution in [2.45, 2.75) is 38.4 Å². The summed E-state index contributed by atoms with van der Waals surface area (Å²) in [5.74, 6) is 0.445. The van der Waals surface area contributed by atoms with E-state index in [4.69, 9.17) is 0 Å². The first kappa shape index (κ1) is 17.8. The van der Waals surface area contributed by atoms with Gasteiger partial charge in [-0.25, -0.2) is 8.42 Å². The maximum absolute atomic E-state index is 13.0. The number of nitrogens with one attached hydrogen (secondary N) is 1. The summed E-state index contributed by atoms with van der Waals surface area (Å²) in [5, 5.41) is 0. The van der Waals surface area contributed by atoms with Gasteiger partial charge in [0.05, 0.1) is 43.3 Å². The molecule has 2 saturated carbocycles. The fourth-order valence-corrected chi connectivity index (χ4v) is 8.55. The van der Waals surface area contributed by atoms with Crippen molar-refractivity contribution in [3.05, 3.63) is 0 Å². The maximum Gasteiger partial charge on any atom is 0.215 e. The standard InChI is InChI=1S/C16H27BrN2O3S/c1-4-18-7-9-19(10-8-18)23(21,22)11-16(3)12-5-6-15(16,2)14(20)13(12)17/h12-13H,4-11H2,1-3H3/p+1/t12-,13+,15+,16-/m0/s1. The van der Waals surface area contributed by atoms with E-state index in [1.54, 1.807) is 4.31 Å². The second-order valence-electron chi connectivity index (χ2n) is 7.92. The number of carbonyl (C=O) groups is 1. The van der Waals surface area contributed by atoms with Crippen LogP contribution in [0.1, 0.15) is 33.6 Å². The Bertz CT molecular complexity index is 602. The Labute approximate surface area is 148 Å². The van der Waals surface area contributed by atoms with Crippen LogP contribution in [0.4, 0.5) is 0 Å². The molecule has 7 heteroatoms. The summed E-state index contributed by atoms with van der Waals surface area (Å²) in [7, 11) is -3.32. The monoisotopic (exact) mass is 407 g/mol. The van der Waals surface area contributed by atoms with Crippen molar-refractivity contribution in [3.63, 3.8) is 0 Å². The van der Waals surface area contributed by atoms with Gasteiger partial charge in [-0.1, -0.05) is 29.8 Å². The van der Waals surface area contributed by atoms with Gasteiger partial charge >= 0.3 is 0 Å². The Morgan fingerprint density at radius 2 is 1.91 bits per heavy atom. The molecule has 3 fully saturated rings. The lowest BCUT2D eigenvalue weighted by Gasteiger charge is -2.39. The Balaban J connectivity index is 1.80. The summed E-state index contributed by atoms with van der Waals surface area (Å²) in [5.41, 5.74) is -0.957. The highest BCUT2D eigenvalue weighted by atomic mass is 79.9. The minimum atomic E-state index is -3.32. The van der Waals surface area contributed by atoms with Crippen LogP contribution in [-0.2, 0) is 14.8 Å². The maximum atomic E-state index is 13.0. The SMILES string of the molecule is CC[NH+]1CCN(S(=O)(=O)C[C@@]2(C)[C@H]3CC[C@]2(C)C(=O)[C@@H]3Br)CC1. The van der Waals surface area contributed by atoms with Gasteiger partial charge in [0.2, 0.25) is 10.0 Å². The largest absolute Gasteiger partial charge is 0.333 e. The molecule has 0 aromatic rings. The zero-order valence-corrected chi connectivity index (χ0v) is 16.7. The van der Waals surface area contributed by atoms with Crippen LogP contribution in [0.25, 0.3) is 0 Å². The van der Waals surface area contributed by atoms with Crippen molar-refractivity contribution in [2.75, 3.05) is 38.5 Å². The van der Waals surface area contributed by atoms with E-state index in [0.717, 1.165) is 32.5 Å². The summed E-state index contributed by atoms with van der Waals surface area (Å²) in [4.78, 5) is 13.9. The molecular formula is C16H28BrN2O3S+. The molecule has 3 rings (SSSR count). The fourth-order valence-electron chi connectivity index (χ4n) is 4.99. The molecule has 1 saturated heterocycles. The Kier molecular flexibility index (Phi) is 4.48. The minimum Gasteiger partial charge on any atom is -0.333 e. The van der Waals surface area contributed by atoms with Crippen molar-refractivity contribution in [1.29, 1.82) is 0 Å². The third-order valence-electron chi connectivity index (χ3n) is 6.99. The predicted molar refractivity (Wildman–Crippen MR) is 93.3 cm³/mol. The van der Waals surface area contributed by atoms with Crippen molar-refractivity contribution < 1.29 is 18.1 Å². The number of alkyl halides is 1. The zero-order valence-electron chi connectivity index (χ0n) is 14.3. The third kappa shape index (κ3) is 2.53. The van der Waals surface area contributed by atoms with Gasteiger partial charge in [0.1, 0.15) is 0 Å². The summed E-state index contributed by atoms with van der Waals surface area (Å²) in [6.45, 7) is 10.2. The number of halogens is 1. The lowest BCUT2D eigenvalue weighted by molar-refractivity contribution is -0.901. The average Bonchev–Trinajstić information content (AvgIpc) is 2.83. The van der Waals surface area contributed by atoms with Crippen LogP contribution >= 0.6 is 15.9 Å². The summed E-state index contributed by atoms with van der Waals surface area (Å²) in [6.07, 6.45) is 1.76. The molecule has 0 spiro atoms. The van der Waals surface area contributed by atoms with Crippen LogP contribution in [0.15, 0.2) is 0 Å². The molecule has 0 radical (unpaired) electrons. The van der Waals surface area contributed by atoms with Crippen LogP contribution in [0, 0.1) is 16.7 Å². The number of ketones is 1. The molecule has 0 amide bonds. The van der Waals surface area contributed by atoms with Crippen LogP contribution in [0.5, 0.6) is 0 Å². The molecule has 2 aliphatic carbocycles. The van der Waals surface area contributed by atoms with Gasteiger partial charge in [0, 0.05) is 5.41 Å². The number of quaternary nitrogens is 1. The van der Waals surface area contributed by atoms with Crippen molar-refractivity contribution in [2.24, 2.45) is 16.7 Å². The van der Waals surface area contributed by atoms with Gasteiger partial charge in [-0.3, -0.25) is 4.79 Å². The van der Waals surface area contributed by atoms with Crippen molar-refractivity contribution in [3.8, 4) is 0 Å². The van der Waals surface area contributed by atoms with Crippen molar-refractivity contribution >= 4 is 31.7 Å². The second-order valence-corrected chi connectivity index (χ2v) is 10.9. The van der Waals surface area contributed by atoms with Crippen LogP contribution in [0.3, 0.4) is 0 Å². The van der Waals surface area contributed by atoms with Gasteiger partial charge in [-0.2, -0.15) is 4.31 Å².